The van der Waals surface area contributed by atoms with Gasteiger partial charge in [0.25, 0.3) is 0 Å². The average molecular weight is 424 g/mol. The van der Waals surface area contributed by atoms with E-state index in [0.717, 1.165) is 34.9 Å². The zero-order valence-corrected chi connectivity index (χ0v) is 17.8. The van der Waals surface area contributed by atoms with Crippen LogP contribution < -0.4 is 10.5 Å². The second-order valence-electron chi connectivity index (χ2n) is 7.01. The van der Waals surface area contributed by atoms with Crippen LogP contribution in [0.2, 0.25) is 0 Å². The van der Waals surface area contributed by atoms with Crippen molar-refractivity contribution in [3.05, 3.63) is 89.0 Å². The molecule has 0 saturated heterocycles. The van der Waals surface area contributed by atoms with Gasteiger partial charge >= 0.3 is 5.97 Å². The Bertz CT molecular complexity index is 1000. The molecule has 0 fully saturated rings. The third kappa shape index (κ3) is 6.93. The Morgan fingerprint density at radius 1 is 0.968 bits per heavy atom. The first-order valence-electron chi connectivity index (χ1n) is 9.95. The van der Waals surface area contributed by atoms with Crippen molar-refractivity contribution in [3.8, 4) is 16.9 Å². The first-order chi connectivity index (χ1) is 15.0. The summed E-state index contributed by atoms with van der Waals surface area (Å²) in [4.78, 5) is 11.1. The summed E-state index contributed by atoms with van der Waals surface area (Å²) < 4.78 is 5.93. The highest BCUT2D eigenvalue weighted by atomic mass is 16.5. The second-order valence-corrected chi connectivity index (χ2v) is 7.01. The lowest BCUT2D eigenvalue weighted by Crippen LogP contribution is -2.05. The van der Waals surface area contributed by atoms with E-state index in [9.17, 15) is 9.90 Å². The quantitative estimate of drug-likeness (QED) is 0.440. The van der Waals surface area contributed by atoms with Crippen LogP contribution in [-0.4, -0.2) is 28.4 Å². The third-order valence-corrected chi connectivity index (χ3v) is 4.70. The molecule has 0 aromatic heterocycles. The number of benzene rings is 3. The number of hydrogen-bond acceptors (Lipinski definition) is 5. The van der Waals surface area contributed by atoms with E-state index < -0.39 is 12.1 Å². The van der Waals surface area contributed by atoms with Crippen molar-refractivity contribution in [2.45, 2.75) is 32.6 Å². The first kappa shape index (κ1) is 24.1. The van der Waals surface area contributed by atoms with Crippen molar-refractivity contribution in [2.75, 3.05) is 7.11 Å². The maximum Gasteiger partial charge on any atom is 0.307 e. The number of ether oxygens (including phenoxy) is 1. The summed E-state index contributed by atoms with van der Waals surface area (Å²) >= 11 is 0. The summed E-state index contributed by atoms with van der Waals surface area (Å²) in [5, 5.41) is 26.2. The third-order valence-electron chi connectivity index (χ3n) is 4.70. The molecule has 31 heavy (non-hydrogen) atoms. The van der Waals surface area contributed by atoms with Crippen LogP contribution in [0.15, 0.2) is 66.7 Å². The van der Waals surface area contributed by atoms with Crippen molar-refractivity contribution in [3.63, 3.8) is 0 Å². The van der Waals surface area contributed by atoms with Crippen LogP contribution in [-0.2, 0) is 24.4 Å². The van der Waals surface area contributed by atoms with Gasteiger partial charge in [0.05, 0.1) is 12.5 Å². The Kier molecular flexibility index (Phi) is 9.21. The van der Waals surface area contributed by atoms with Gasteiger partial charge < -0.3 is 25.8 Å². The Morgan fingerprint density at radius 2 is 1.68 bits per heavy atom. The fourth-order valence-corrected chi connectivity index (χ4v) is 3.20. The van der Waals surface area contributed by atoms with Crippen LogP contribution in [0.1, 0.15) is 35.3 Å². The number of aliphatic carboxylic acids is 1. The molecule has 0 radical (unpaired) electrons. The molecule has 1 unspecified atom stereocenters. The molecule has 0 heterocycles. The number of carbonyl (C=O) groups is 1. The van der Waals surface area contributed by atoms with E-state index in [4.69, 9.17) is 20.7 Å². The van der Waals surface area contributed by atoms with Crippen molar-refractivity contribution in [1.82, 2.24) is 0 Å². The van der Waals surface area contributed by atoms with Gasteiger partial charge in [-0.25, -0.2) is 0 Å². The van der Waals surface area contributed by atoms with Gasteiger partial charge in [-0.05, 0) is 65.1 Å². The molecule has 3 aromatic rings. The lowest BCUT2D eigenvalue weighted by atomic mass is 9.97. The Morgan fingerprint density at radius 3 is 2.35 bits per heavy atom. The van der Waals surface area contributed by atoms with E-state index in [2.05, 4.69) is 0 Å². The number of para-hydroxylation sites is 1. The smallest absolute Gasteiger partial charge is 0.307 e. The predicted molar refractivity (Wildman–Crippen MR) is 121 cm³/mol. The molecule has 164 valence electrons. The number of nitrogens with two attached hydrogens (primary N) is 1. The topological polar surface area (TPSA) is 113 Å². The van der Waals surface area contributed by atoms with Crippen LogP contribution in [0, 0.1) is 0 Å². The maximum atomic E-state index is 11.1. The van der Waals surface area contributed by atoms with E-state index in [0.29, 0.717) is 17.9 Å². The Balaban J connectivity index is 0.00000166. The van der Waals surface area contributed by atoms with E-state index in [1.54, 1.807) is 25.1 Å². The Labute approximate surface area is 182 Å². The lowest BCUT2D eigenvalue weighted by molar-refractivity contribution is -0.136. The number of aliphatic hydroxyl groups excluding tert-OH is 2. The molecule has 5 N–H and O–H groups in total. The highest BCUT2D eigenvalue weighted by Crippen LogP contribution is 2.27. The number of carboxylic acids is 1. The zero-order valence-electron chi connectivity index (χ0n) is 17.8. The summed E-state index contributed by atoms with van der Waals surface area (Å²) in [7, 11) is 1.00. The summed E-state index contributed by atoms with van der Waals surface area (Å²) in [6.07, 6.45) is -0.716. The second kappa shape index (κ2) is 11.9. The van der Waals surface area contributed by atoms with E-state index >= 15 is 0 Å². The van der Waals surface area contributed by atoms with Gasteiger partial charge in [0, 0.05) is 19.2 Å². The Hall–Kier alpha value is -3.19. The number of rotatable bonds is 8. The van der Waals surface area contributed by atoms with Crippen LogP contribution in [0.4, 0.5) is 0 Å². The lowest BCUT2D eigenvalue weighted by Gasteiger charge is -2.15. The molecule has 0 saturated carbocycles. The minimum absolute atomic E-state index is 0.0962. The number of hydrogen-bond donors (Lipinski definition) is 4. The normalized spacial score (nSPS) is 11.3. The number of aliphatic hydroxyl groups is 2. The average Bonchev–Trinajstić information content (AvgIpc) is 2.79. The van der Waals surface area contributed by atoms with E-state index in [1.807, 2.05) is 48.5 Å². The first-order valence-corrected chi connectivity index (χ1v) is 9.95. The maximum absolute atomic E-state index is 11.1. The van der Waals surface area contributed by atoms with Crippen LogP contribution in [0.25, 0.3) is 11.1 Å². The molecule has 0 bridgehead atoms. The SMILES string of the molecule is CC(O)c1cc(COc2ccccc2CC(=O)O)cc(-c2cccc(CN)c2)c1.CO. The molecular formula is C25H29NO5. The largest absolute Gasteiger partial charge is 0.489 e. The standard InChI is InChI=1S/C24H25NO4.CH4O/c1-16(26)21-10-18(11-22(12-21)19-7-4-5-17(9-19)14-25)15-29-23-8-3-2-6-20(23)13-24(27)28;1-2/h2-12,16,26H,13-15,25H2,1H3,(H,27,28);2H,1H3. The van der Waals surface area contributed by atoms with E-state index in [-0.39, 0.29) is 13.0 Å². The highest BCUT2D eigenvalue weighted by molar-refractivity contribution is 5.71. The van der Waals surface area contributed by atoms with Gasteiger partial charge in [0.1, 0.15) is 12.4 Å². The molecule has 0 aliphatic rings. The van der Waals surface area contributed by atoms with Crippen LogP contribution >= 0.6 is 0 Å². The minimum Gasteiger partial charge on any atom is -0.489 e. The molecular weight excluding hydrogens is 394 g/mol. The monoisotopic (exact) mass is 423 g/mol. The van der Waals surface area contributed by atoms with Gasteiger partial charge in [0.2, 0.25) is 0 Å². The summed E-state index contributed by atoms with van der Waals surface area (Å²) in [5.74, 6) is -0.358. The van der Waals surface area contributed by atoms with Gasteiger partial charge in [-0.1, -0.05) is 36.4 Å². The summed E-state index contributed by atoms with van der Waals surface area (Å²) in [6.45, 7) is 2.45. The van der Waals surface area contributed by atoms with Crippen molar-refractivity contribution >= 4 is 5.97 Å². The molecule has 1 atom stereocenters. The molecule has 6 heteroatoms. The predicted octanol–water partition coefficient (Wildman–Crippen LogP) is 3.68. The molecule has 6 nitrogen and oxygen atoms in total. The molecule has 0 spiro atoms. The van der Waals surface area contributed by atoms with Gasteiger partial charge in [-0.2, -0.15) is 0 Å². The van der Waals surface area contributed by atoms with Gasteiger partial charge in [0.15, 0.2) is 0 Å². The van der Waals surface area contributed by atoms with Crippen LogP contribution in [0.5, 0.6) is 5.75 Å². The summed E-state index contributed by atoms with van der Waals surface area (Å²) in [5.41, 5.74) is 11.1. The fourth-order valence-electron chi connectivity index (χ4n) is 3.20. The van der Waals surface area contributed by atoms with Crippen molar-refractivity contribution < 1.29 is 24.9 Å². The molecule has 0 amide bonds. The van der Waals surface area contributed by atoms with Gasteiger partial charge in [-0.15, -0.1) is 0 Å². The molecule has 3 aromatic carbocycles. The minimum atomic E-state index is -0.903. The zero-order chi connectivity index (χ0) is 22.8. The fraction of sp³-hybridized carbons (Fsp3) is 0.240. The van der Waals surface area contributed by atoms with Gasteiger partial charge in [-0.3, -0.25) is 4.79 Å². The molecule has 0 aliphatic heterocycles. The summed E-state index contributed by atoms with van der Waals surface area (Å²) in [6, 6.07) is 21.0. The van der Waals surface area contributed by atoms with E-state index in [1.165, 1.54) is 0 Å². The molecule has 0 aliphatic carbocycles. The molecule has 3 rings (SSSR count). The van der Waals surface area contributed by atoms with Crippen LogP contribution in [0.3, 0.4) is 0 Å². The van der Waals surface area contributed by atoms with Crippen molar-refractivity contribution in [2.24, 2.45) is 5.73 Å². The van der Waals surface area contributed by atoms with Crippen molar-refractivity contribution in [1.29, 1.82) is 0 Å². The highest BCUT2D eigenvalue weighted by Gasteiger charge is 2.11. The number of carboxylic acid groups (broad SMARTS) is 1.